The molecule has 11 heteroatoms. The van der Waals surface area contributed by atoms with Gasteiger partial charge in [0.2, 0.25) is 0 Å². The number of amides is 2. The third kappa shape index (κ3) is 7.75. The van der Waals surface area contributed by atoms with E-state index in [1.807, 2.05) is 0 Å². The molecule has 1 aliphatic heterocycles. The number of hydrogen-bond donors (Lipinski definition) is 3. The number of fused-ring (bicyclic) bond motifs is 1. The number of hydrogen-bond acceptors (Lipinski definition) is 4. The first-order valence-corrected chi connectivity index (χ1v) is 15.7. The minimum absolute atomic E-state index is 0.114. The number of halogens is 5. The van der Waals surface area contributed by atoms with Crippen molar-refractivity contribution in [1.29, 1.82) is 0 Å². The van der Waals surface area contributed by atoms with Crippen LogP contribution in [0.5, 0.6) is 0 Å². The van der Waals surface area contributed by atoms with E-state index in [9.17, 15) is 36.6 Å². The van der Waals surface area contributed by atoms with Crippen molar-refractivity contribution in [3.05, 3.63) is 106 Å². The topological polar surface area (TPSA) is 81.7 Å². The van der Waals surface area contributed by atoms with Crippen LogP contribution in [-0.4, -0.2) is 53.6 Å². The Kier molecular flexibility index (Phi) is 10.1. The Morgan fingerprint density at radius 1 is 1.02 bits per heavy atom. The molecule has 0 aromatic heterocycles. The van der Waals surface area contributed by atoms with Crippen LogP contribution in [0, 0.1) is 11.6 Å². The molecule has 1 aliphatic carbocycles. The molecule has 1 fully saturated rings. The second kappa shape index (κ2) is 13.9. The molecule has 1 saturated carbocycles. The fraction of sp³-hybridized carbons (Fsp3) is 0.429. The predicted molar refractivity (Wildman–Crippen MR) is 163 cm³/mol. The summed E-state index contributed by atoms with van der Waals surface area (Å²) in [5, 5.41) is 17.3. The highest BCUT2D eigenvalue weighted by Crippen LogP contribution is 2.46. The smallest absolute Gasteiger partial charge is 0.390 e. The van der Waals surface area contributed by atoms with Gasteiger partial charge < -0.3 is 20.6 Å². The maximum Gasteiger partial charge on any atom is 0.416 e. The van der Waals surface area contributed by atoms with Crippen LogP contribution in [0.4, 0.5) is 22.0 Å². The van der Waals surface area contributed by atoms with Crippen LogP contribution in [0.1, 0.15) is 82.0 Å². The molecule has 46 heavy (non-hydrogen) atoms. The standard InChI is InChI=1S/C35H38F5N3O3/c1-2-3-4-14-43-15-11-27-28(9-6-10-29(27)33(43)46)32(45)42-30(18-22-16-25(36)20-26(37)17-22)31(44)21-41-34(12-13-34)23-7-5-8-24(19-23)35(38,39)40/h5-10,16-17,19-20,30-31,41,44H,2-4,11-15,18,21H2,1H3,(H,42,45). The molecule has 6 nitrogen and oxygen atoms in total. The maximum atomic E-state index is 14.1. The molecule has 2 unspecified atom stereocenters. The summed E-state index contributed by atoms with van der Waals surface area (Å²) in [6, 6.07) is 11.9. The van der Waals surface area contributed by atoms with Gasteiger partial charge >= 0.3 is 6.18 Å². The molecule has 3 aromatic carbocycles. The summed E-state index contributed by atoms with van der Waals surface area (Å²) in [4.78, 5) is 28.7. The van der Waals surface area contributed by atoms with E-state index in [2.05, 4.69) is 17.6 Å². The lowest BCUT2D eigenvalue weighted by Crippen LogP contribution is -2.50. The third-order valence-electron chi connectivity index (χ3n) is 8.90. The molecule has 0 bridgehead atoms. The normalized spacial score (nSPS) is 16.9. The average molecular weight is 644 g/mol. The van der Waals surface area contributed by atoms with Gasteiger partial charge in [-0.1, -0.05) is 38.0 Å². The minimum Gasteiger partial charge on any atom is -0.390 e. The Bertz CT molecular complexity index is 1550. The molecule has 2 aliphatic rings. The summed E-state index contributed by atoms with van der Waals surface area (Å²) in [7, 11) is 0. The zero-order chi connectivity index (χ0) is 33.1. The zero-order valence-electron chi connectivity index (χ0n) is 25.6. The van der Waals surface area contributed by atoms with Crippen LogP contribution in [0.2, 0.25) is 0 Å². The maximum absolute atomic E-state index is 14.1. The van der Waals surface area contributed by atoms with Crippen LogP contribution in [0.15, 0.2) is 60.7 Å². The number of rotatable bonds is 13. The number of unbranched alkanes of at least 4 members (excludes halogenated alkanes) is 2. The highest BCUT2D eigenvalue weighted by Gasteiger charge is 2.45. The molecule has 0 saturated heterocycles. The van der Waals surface area contributed by atoms with Crippen molar-refractivity contribution in [1.82, 2.24) is 15.5 Å². The molecular weight excluding hydrogens is 605 g/mol. The first kappa shape index (κ1) is 33.5. The van der Waals surface area contributed by atoms with Gasteiger partial charge in [0, 0.05) is 42.4 Å². The van der Waals surface area contributed by atoms with Crippen molar-refractivity contribution >= 4 is 11.8 Å². The van der Waals surface area contributed by atoms with Crippen molar-refractivity contribution < 1.29 is 36.6 Å². The molecule has 3 aromatic rings. The number of aliphatic hydroxyl groups is 1. The first-order valence-electron chi connectivity index (χ1n) is 15.7. The highest BCUT2D eigenvalue weighted by molar-refractivity contribution is 6.03. The molecule has 246 valence electrons. The molecule has 2 atom stereocenters. The summed E-state index contributed by atoms with van der Waals surface area (Å²) < 4.78 is 68.2. The number of nitrogens with one attached hydrogen (secondary N) is 2. The second-order valence-electron chi connectivity index (χ2n) is 12.3. The van der Waals surface area contributed by atoms with E-state index in [1.165, 1.54) is 6.07 Å². The molecule has 1 heterocycles. The van der Waals surface area contributed by atoms with Gasteiger partial charge in [0.25, 0.3) is 11.8 Å². The molecule has 3 N–H and O–H groups in total. The van der Waals surface area contributed by atoms with E-state index in [0.29, 0.717) is 49.0 Å². The Hall–Kier alpha value is -3.83. The Morgan fingerprint density at radius 3 is 2.41 bits per heavy atom. The highest BCUT2D eigenvalue weighted by atomic mass is 19.4. The molecule has 0 radical (unpaired) electrons. The lowest BCUT2D eigenvalue weighted by molar-refractivity contribution is -0.137. The Balaban J connectivity index is 1.35. The van der Waals surface area contributed by atoms with E-state index >= 15 is 0 Å². The third-order valence-corrected chi connectivity index (χ3v) is 8.90. The van der Waals surface area contributed by atoms with Crippen molar-refractivity contribution in [3.8, 4) is 0 Å². The van der Waals surface area contributed by atoms with Gasteiger partial charge in [0.05, 0.1) is 17.7 Å². The summed E-state index contributed by atoms with van der Waals surface area (Å²) in [5.74, 6) is -2.32. The molecule has 5 rings (SSSR count). The van der Waals surface area contributed by atoms with Gasteiger partial charge in [-0.25, -0.2) is 8.78 Å². The van der Waals surface area contributed by atoms with Gasteiger partial charge in [0.1, 0.15) is 11.6 Å². The van der Waals surface area contributed by atoms with Crippen LogP contribution >= 0.6 is 0 Å². The van der Waals surface area contributed by atoms with Crippen molar-refractivity contribution in [2.45, 2.75) is 75.7 Å². The Labute approximate surface area is 265 Å². The van der Waals surface area contributed by atoms with E-state index < -0.39 is 47.0 Å². The van der Waals surface area contributed by atoms with Gasteiger partial charge in [-0.05, 0) is 85.2 Å². The first-order chi connectivity index (χ1) is 21.9. The second-order valence-corrected chi connectivity index (χ2v) is 12.3. The van der Waals surface area contributed by atoms with E-state index in [4.69, 9.17) is 0 Å². The van der Waals surface area contributed by atoms with E-state index in [1.54, 1.807) is 29.2 Å². The van der Waals surface area contributed by atoms with Crippen molar-refractivity contribution in [3.63, 3.8) is 0 Å². The largest absolute Gasteiger partial charge is 0.416 e. The number of benzene rings is 3. The summed E-state index contributed by atoms with van der Waals surface area (Å²) in [6.45, 7) is 3.08. The van der Waals surface area contributed by atoms with E-state index in [0.717, 1.165) is 49.6 Å². The van der Waals surface area contributed by atoms with Gasteiger partial charge in [0.15, 0.2) is 0 Å². The zero-order valence-corrected chi connectivity index (χ0v) is 25.6. The SMILES string of the molecule is CCCCCN1CCc2c(C(=O)NC(Cc3cc(F)cc(F)c3)C(O)CNC3(c4cccc(C(F)(F)F)c4)CC3)cccc2C1=O. The number of carbonyl (C=O) groups excluding carboxylic acids is 2. The van der Waals surface area contributed by atoms with Crippen molar-refractivity contribution in [2.75, 3.05) is 19.6 Å². The number of aliphatic hydroxyl groups excluding tert-OH is 1. The van der Waals surface area contributed by atoms with Gasteiger partial charge in [-0.2, -0.15) is 13.2 Å². The average Bonchev–Trinajstić information content (AvgIpc) is 3.81. The monoisotopic (exact) mass is 643 g/mol. The summed E-state index contributed by atoms with van der Waals surface area (Å²) >= 11 is 0. The lowest BCUT2D eigenvalue weighted by Gasteiger charge is -2.31. The fourth-order valence-corrected chi connectivity index (χ4v) is 6.19. The number of alkyl halides is 3. The van der Waals surface area contributed by atoms with Gasteiger partial charge in [-0.15, -0.1) is 0 Å². The van der Waals surface area contributed by atoms with Gasteiger partial charge in [-0.3, -0.25) is 9.59 Å². The van der Waals surface area contributed by atoms with Crippen molar-refractivity contribution in [2.24, 2.45) is 0 Å². The van der Waals surface area contributed by atoms with Crippen LogP contribution in [-0.2, 0) is 24.6 Å². The predicted octanol–water partition coefficient (Wildman–Crippen LogP) is 6.15. The fourth-order valence-electron chi connectivity index (χ4n) is 6.19. The van der Waals surface area contributed by atoms with Crippen LogP contribution < -0.4 is 10.6 Å². The summed E-state index contributed by atoms with van der Waals surface area (Å²) in [5.41, 5.74) is 0.409. The molecule has 2 amide bonds. The van der Waals surface area contributed by atoms with Crippen LogP contribution in [0.25, 0.3) is 0 Å². The quantitative estimate of drug-likeness (QED) is 0.154. The molecular formula is C35H38F5N3O3. The number of nitrogens with zero attached hydrogens (tertiary/aromatic N) is 1. The summed E-state index contributed by atoms with van der Waals surface area (Å²) in [6.07, 6.45) is -1.42. The number of carbonyl (C=O) groups is 2. The van der Waals surface area contributed by atoms with E-state index in [-0.39, 0.29) is 30.0 Å². The van der Waals surface area contributed by atoms with Crippen LogP contribution in [0.3, 0.4) is 0 Å². The Morgan fingerprint density at radius 2 is 1.74 bits per heavy atom. The minimum atomic E-state index is -4.50. The lowest BCUT2D eigenvalue weighted by atomic mass is 9.92. The molecule has 0 spiro atoms.